The summed E-state index contributed by atoms with van der Waals surface area (Å²) in [4.78, 5) is 57.8. The van der Waals surface area contributed by atoms with E-state index in [1.54, 1.807) is 4.90 Å². The molecule has 2 fully saturated rings. The van der Waals surface area contributed by atoms with E-state index >= 15 is 0 Å². The van der Waals surface area contributed by atoms with Crippen LogP contribution in [0.25, 0.3) is 0 Å². The van der Waals surface area contributed by atoms with E-state index in [2.05, 4.69) is 19.9 Å². The lowest BCUT2D eigenvalue weighted by molar-refractivity contribution is -0.144. The number of carbonyl (C=O) groups is 4. The molecule has 3 atom stereocenters. The third-order valence-corrected chi connectivity index (χ3v) is 8.65. The smallest absolute Gasteiger partial charge is 0.326 e. The van der Waals surface area contributed by atoms with Crippen LogP contribution in [0.2, 0.25) is 0 Å². The lowest BCUT2D eigenvalue weighted by atomic mass is 9.83. The Morgan fingerprint density at radius 1 is 1.10 bits per heavy atom. The zero-order valence-corrected chi connectivity index (χ0v) is 24.1. The van der Waals surface area contributed by atoms with E-state index in [1.807, 2.05) is 21.9 Å². The number of nitrogens with zero attached hydrogens (tertiary/aromatic N) is 4. The number of hydrogen-bond donors (Lipinski definition) is 1. The van der Waals surface area contributed by atoms with Gasteiger partial charge < -0.3 is 19.6 Å². The van der Waals surface area contributed by atoms with E-state index in [9.17, 15) is 24.3 Å². The van der Waals surface area contributed by atoms with Crippen LogP contribution in [0.3, 0.4) is 0 Å². The Kier molecular flexibility index (Phi) is 10.1. The Balaban J connectivity index is 1.58. The number of ether oxygens (including phenoxy) is 1. The van der Waals surface area contributed by atoms with E-state index in [0.717, 1.165) is 53.9 Å². The molecule has 1 unspecified atom stereocenters. The van der Waals surface area contributed by atoms with Gasteiger partial charge in [-0.1, -0.05) is 38.8 Å². The normalized spacial score (nSPS) is 22.9. The van der Waals surface area contributed by atoms with Gasteiger partial charge in [0.1, 0.15) is 5.75 Å². The van der Waals surface area contributed by atoms with Crippen LogP contribution in [0.15, 0.2) is 18.2 Å². The maximum atomic E-state index is 13.6. The summed E-state index contributed by atoms with van der Waals surface area (Å²) in [5.41, 5.74) is 2.04. The number of carbonyl (C=O) groups excluding carboxylic acids is 3. The third kappa shape index (κ3) is 6.59. The maximum Gasteiger partial charge on any atom is 0.326 e. The minimum atomic E-state index is -0.896. The number of carboxylic acids is 1. The van der Waals surface area contributed by atoms with Gasteiger partial charge in [0.2, 0.25) is 11.8 Å². The first kappa shape index (κ1) is 29.8. The van der Waals surface area contributed by atoms with Crippen molar-refractivity contribution in [3.63, 3.8) is 0 Å². The fraction of sp³-hybridized carbons (Fsp3) is 0.667. The van der Waals surface area contributed by atoms with E-state index in [0.29, 0.717) is 45.8 Å². The molecule has 4 amide bonds. The maximum absolute atomic E-state index is 13.6. The Morgan fingerprint density at radius 3 is 2.50 bits per heavy atom. The Labute approximate surface area is 237 Å². The average molecular weight is 557 g/mol. The third-order valence-electron chi connectivity index (χ3n) is 8.65. The highest BCUT2D eigenvalue weighted by atomic mass is 16.5. The topological polar surface area (TPSA) is 111 Å². The first-order chi connectivity index (χ1) is 19.2. The summed E-state index contributed by atoms with van der Waals surface area (Å²) < 4.78 is 5.67. The van der Waals surface area contributed by atoms with Crippen molar-refractivity contribution in [1.82, 2.24) is 19.6 Å². The van der Waals surface area contributed by atoms with Crippen LogP contribution in [-0.4, -0.2) is 107 Å². The van der Waals surface area contributed by atoms with Gasteiger partial charge in [-0.3, -0.25) is 24.2 Å². The molecular weight excluding hydrogens is 512 g/mol. The zero-order chi connectivity index (χ0) is 28.8. The second-order valence-electron chi connectivity index (χ2n) is 11.3. The molecule has 220 valence electrons. The molecule has 3 aliphatic rings. The molecule has 1 aromatic carbocycles. The molecule has 0 saturated carbocycles. The molecule has 10 nitrogen and oxygen atoms in total. The molecule has 1 aromatic rings. The zero-order valence-electron chi connectivity index (χ0n) is 24.1. The number of urea groups is 1. The first-order valence-corrected chi connectivity index (χ1v) is 14.8. The highest BCUT2D eigenvalue weighted by Crippen LogP contribution is 2.41. The number of carboxylic acid groups (broad SMARTS) is 1. The quantitative estimate of drug-likeness (QED) is 0.397. The van der Waals surface area contributed by atoms with Gasteiger partial charge >= 0.3 is 12.0 Å². The fourth-order valence-electron chi connectivity index (χ4n) is 6.27. The summed E-state index contributed by atoms with van der Waals surface area (Å²) in [6.07, 6.45) is 5.31. The van der Waals surface area contributed by atoms with Gasteiger partial charge in [0.15, 0.2) is 0 Å². The Morgan fingerprint density at radius 2 is 1.82 bits per heavy atom. The van der Waals surface area contributed by atoms with Crippen LogP contribution < -0.4 is 4.74 Å². The van der Waals surface area contributed by atoms with Gasteiger partial charge in [0, 0.05) is 64.6 Å². The van der Waals surface area contributed by atoms with Gasteiger partial charge in [-0.2, -0.15) is 0 Å². The number of amides is 4. The van der Waals surface area contributed by atoms with Crippen molar-refractivity contribution in [1.29, 1.82) is 0 Å². The molecule has 0 spiro atoms. The minimum Gasteiger partial charge on any atom is -0.493 e. The van der Waals surface area contributed by atoms with Gasteiger partial charge in [0.25, 0.3) is 0 Å². The summed E-state index contributed by atoms with van der Waals surface area (Å²) in [6, 6.07) is 5.16. The van der Waals surface area contributed by atoms with Crippen molar-refractivity contribution in [2.75, 3.05) is 52.9 Å². The lowest BCUT2D eigenvalue weighted by Gasteiger charge is -2.34. The molecule has 0 radical (unpaired) electrons. The van der Waals surface area contributed by atoms with Crippen LogP contribution >= 0.6 is 0 Å². The van der Waals surface area contributed by atoms with E-state index < -0.39 is 17.9 Å². The summed E-state index contributed by atoms with van der Waals surface area (Å²) in [7, 11) is 1.48. The van der Waals surface area contributed by atoms with Gasteiger partial charge in [-0.15, -0.1) is 0 Å². The number of unbranched alkanes of at least 4 members (excludes halogenated alkanes) is 2. The van der Waals surface area contributed by atoms with E-state index in [4.69, 9.17) is 4.74 Å². The number of rotatable bonds is 13. The van der Waals surface area contributed by atoms with E-state index in [-0.39, 0.29) is 36.7 Å². The van der Waals surface area contributed by atoms with Crippen LogP contribution in [0.4, 0.5) is 4.79 Å². The van der Waals surface area contributed by atoms with Crippen molar-refractivity contribution in [2.45, 2.75) is 70.8 Å². The van der Waals surface area contributed by atoms with Crippen molar-refractivity contribution in [2.24, 2.45) is 5.92 Å². The van der Waals surface area contributed by atoms with Gasteiger partial charge in [0.05, 0.1) is 19.1 Å². The number of fused-ring (bicyclic) bond motifs is 1. The summed E-state index contributed by atoms with van der Waals surface area (Å²) in [5.74, 6) is -1.25. The number of hydrogen-bond acceptors (Lipinski definition) is 6. The van der Waals surface area contributed by atoms with Crippen LogP contribution in [0, 0.1) is 5.92 Å². The second-order valence-corrected chi connectivity index (χ2v) is 11.3. The molecule has 3 heterocycles. The largest absolute Gasteiger partial charge is 0.493 e. The molecule has 0 bridgehead atoms. The molecule has 4 rings (SSSR count). The van der Waals surface area contributed by atoms with Crippen molar-refractivity contribution in [3.05, 3.63) is 29.3 Å². The number of likely N-dealkylation sites (tertiary alicyclic amines) is 1. The Hall–Kier alpha value is -3.14. The van der Waals surface area contributed by atoms with Gasteiger partial charge in [-0.25, -0.2) is 4.79 Å². The monoisotopic (exact) mass is 556 g/mol. The minimum absolute atomic E-state index is 0.0263. The van der Waals surface area contributed by atoms with Crippen molar-refractivity contribution < 1.29 is 29.0 Å². The SMILES string of the molecule is CCCCN(CCCC)C(=O)CN1C[C@H](c2ccc3c(c2)CCO3)C(C(=O)O)[C@@H]1CCN1CCC(=O)N(C)C1=O. The van der Waals surface area contributed by atoms with Crippen molar-refractivity contribution in [3.8, 4) is 5.75 Å². The van der Waals surface area contributed by atoms with Crippen LogP contribution in [0.1, 0.15) is 69.4 Å². The summed E-state index contributed by atoms with van der Waals surface area (Å²) in [5, 5.41) is 10.5. The van der Waals surface area contributed by atoms with E-state index in [1.165, 1.54) is 7.05 Å². The molecule has 2 saturated heterocycles. The molecular formula is C30H44N4O6. The number of benzene rings is 1. The highest BCUT2D eigenvalue weighted by Gasteiger charge is 2.47. The predicted octanol–water partition coefficient (Wildman–Crippen LogP) is 3.19. The average Bonchev–Trinajstić information content (AvgIpc) is 3.55. The van der Waals surface area contributed by atoms with Crippen molar-refractivity contribution >= 4 is 23.8 Å². The molecule has 10 heteroatoms. The molecule has 3 aliphatic heterocycles. The predicted molar refractivity (Wildman–Crippen MR) is 150 cm³/mol. The second kappa shape index (κ2) is 13.5. The first-order valence-electron chi connectivity index (χ1n) is 14.8. The summed E-state index contributed by atoms with van der Waals surface area (Å²) >= 11 is 0. The number of aliphatic carboxylic acids is 1. The standard InChI is InChI=1S/C30H44N4O6/c1-4-6-13-32(14-7-5-2)27(36)20-34-19-23(21-8-9-25-22(18-21)12-17-40-25)28(29(37)38)24(34)10-15-33-16-11-26(35)31(3)30(33)39/h8-9,18,23-24,28H,4-7,10-17,19-20H2,1-3H3,(H,37,38)/t23-,24+,28?/m1/s1. The molecule has 40 heavy (non-hydrogen) atoms. The lowest BCUT2D eigenvalue weighted by Crippen LogP contribution is -2.52. The molecule has 1 N–H and O–H groups in total. The number of imide groups is 1. The molecule has 0 aliphatic carbocycles. The van der Waals surface area contributed by atoms with Crippen LogP contribution in [-0.2, 0) is 20.8 Å². The highest BCUT2D eigenvalue weighted by molar-refractivity contribution is 5.96. The summed E-state index contributed by atoms with van der Waals surface area (Å²) in [6.45, 7) is 7.50. The van der Waals surface area contributed by atoms with Crippen LogP contribution in [0.5, 0.6) is 5.75 Å². The van der Waals surface area contributed by atoms with Gasteiger partial charge in [-0.05, 0) is 36.5 Å². The Bertz CT molecular complexity index is 1090. The molecule has 0 aromatic heterocycles. The fourth-order valence-corrected chi connectivity index (χ4v) is 6.27.